The van der Waals surface area contributed by atoms with Crippen LogP contribution in [0.4, 0.5) is 44.0 Å². The van der Waals surface area contributed by atoms with Gasteiger partial charge in [-0.3, -0.25) is 4.94 Å². The lowest BCUT2D eigenvalue weighted by Crippen LogP contribution is -2.23. The van der Waals surface area contributed by atoms with Gasteiger partial charge in [0.05, 0.1) is 16.7 Å². The Morgan fingerprint density at radius 2 is 1.00 bits per heavy atom. The summed E-state index contributed by atoms with van der Waals surface area (Å²) in [6.07, 6.45) is -17.5. The highest BCUT2D eigenvalue weighted by molar-refractivity contribution is 5.46. The molecule has 0 atom stereocenters. The number of benzene rings is 1. The van der Waals surface area contributed by atoms with E-state index in [-0.39, 0.29) is 0 Å². The van der Waals surface area contributed by atoms with E-state index in [4.69, 9.17) is 0 Å². The molecular weight excluding hydrogens is 314 g/mol. The Hall–Kier alpha value is -1.68. The summed E-state index contributed by atoms with van der Waals surface area (Å²) >= 11 is 0. The first kappa shape index (κ1) is 16.4. The smallest absolute Gasteiger partial charge is 0.294 e. The number of alkyl halides is 9. The first-order valence-corrected chi connectivity index (χ1v) is 4.46. The van der Waals surface area contributed by atoms with Crippen LogP contribution in [-0.2, 0) is 18.5 Å². The Morgan fingerprint density at radius 3 is 1.20 bits per heavy atom. The van der Waals surface area contributed by atoms with E-state index in [0.717, 1.165) is 0 Å². The van der Waals surface area contributed by atoms with Crippen LogP contribution in [0.3, 0.4) is 0 Å². The van der Waals surface area contributed by atoms with Gasteiger partial charge in [-0.2, -0.15) is 39.5 Å². The Morgan fingerprint density at radius 1 is 0.650 bits per heavy atom. The van der Waals surface area contributed by atoms with E-state index < -0.39 is 53.1 Å². The van der Waals surface area contributed by atoms with Crippen LogP contribution in [0, 0.1) is 0 Å². The van der Waals surface area contributed by atoms with Crippen LogP contribution in [0.25, 0.3) is 0 Å². The van der Waals surface area contributed by atoms with Crippen LogP contribution in [-0.4, -0.2) is 0 Å². The van der Waals surface area contributed by atoms with Crippen molar-refractivity contribution >= 4 is 0 Å². The van der Waals surface area contributed by atoms with Crippen molar-refractivity contribution in [2.24, 2.45) is 0 Å². The second kappa shape index (κ2) is 4.70. The number of rotatable bonds is 1. The molecular formula is C9H2F10O. The minimum absolute atomic E-state index is 0.502. The molecule has 0 heterocycles. The molecule has 0 saturated heterocycles. The van der Waals surface area contributed by atoms with Crippen molar-refractivity contribution in [2.45, 2.75) is 18.5 Å². The molecule has 0 bridgehead atoms. The number of halogens is 10. The van der Waals surface area contributed by atoms with Crippen molar-refractivity contribution in [2.75, 3.05) is 0 Å². The third-order valence-corrected chi connectivity index (χ3v) is 2.10. The van der Waals surface area contributed by atoms with Crippen molar-refractivity contribution in [3.8, 4) is 5.75 Å². The van der Waals surface area contributed by atoms with Crippen molar-refractivity contribution in [1.82, 2.24) is 0 Å². The normalized spacial score (nSPS) is 13.5. The zero-order chi connectivity index (χ0) is 15.9. The quantitative estimate of drug-likeness (QED) is 0.662. The molecule has 0 N–H and O–H groups in total. The summed E-state index contributed by atoms with van der Waals surface area (Å²) in [6.45, 7) is 0. The average molecular weight is 316 g/mol. The maximum absolute atomic E-state index is 12.5. The summed E-state index contributed by atoms with van der Waals surface area (Å²) in [6, 6.07) is -1.00. The van der Waals surface area contributed by atoms with Gasteiger partial charge in [0.1, 0.15) is 0 Å². The van der Waals surface area contributed by atoms with Crippen LogP contribution in [0.15, 0.2) is 12.1 Å². The van der Waals surface area contributed by atoms with Gasteiger partial charge < -0.3 is 0 Å². The number of hydrogen-bond acceptors (Lipinski definition) is 1. The Kier molecular flexibility index (Phi) is 3.85. The molecule has 1 nitrogen and oxygen atoms in total. The standard InChI is InChI=1S/C9H2F10O/c10-7(11,12)4-1-3(20-19)2-5(8(13,14)15)6(4)9(16,17)18/h1-2H. The van der Waals surface area contributed by atoms with Crippen LogP contribution < -0.4 is 4.94 Å². The summed E-state index contributed by atoms with van der Waals surface area (Å²) in [5.74, 6) is -1.64. The topological polar surface area (TPSA) is 9.23 Å². The highest BCUT2D eigenvalue weighted by Crippen LogP contribution is 2.48. The van der Waals surface area contributed by atoms with Gasteiger partial charge in [0.25, 0.3) is 0 Å². The zero-order valence-electron chi connectivity index (χ0n) is 8.84. The molecule has 1 aromatic carbocycles. The van der Waals surface area contributed by atoms with Gasteiger partial charge >= 0.3 is 18.5 Å². The van der Waals surface area contributed by atoms with Gasteiger partial charge in [-0.05, 0) is 12.1 Å². The highest BCUT2D eigenvalue weighted by atomic mass is 19.4. The fourth-order valence-corrected chi connectivity index (χ4v) is 1.41. The maximum atomic E-state index is 12.5. The zero-order valence-corrected chi connectivity index (χ0v) is 8.84. The summed E-state index contributed by atoms with van der Waals surface area (Å²) < 4.78 is 124. The molecule has 20 heavy (non-hydrogen) atoms. The summed E-state index contributed by atoms with van der Waals surface area (Å²) in [5, 5.41) is 0. The minimum Gasteiger partial charge on any atom is -0.294 e. The van der Waals surface area contributed by atoms with Crippen LogP contribution >= 0.6 is 0 Å². The molecule has 0 fully saturated rings. The predicted molar refractivity (Wildman–Crippen MR) is 43.2 cm³/mol. The second-order valence-corrected chi connectivity index (χ2v) is 3.46. The maximum Gasteiger partial charge on any atom is 0.417 e. The van der Waals surface area contributed by atoms with Crippen LogP contribution in [0.2, 0.25) is 0 Å². The molecule has 0 aromatic heterocycles. The van der Waals surface area contributed by atoms with Crippen LogP contribution in [0.1, 0.15) is 16.7 Å². The molecule has 0 unspecified atom stereocenters. The monoisotopic (exact) mass is 316 g/mol. The first-order valence-electron chi connectivity index (χ1n) is 4.46. The second-order valence-electron chi connectivity index (χ2n) is 3.46. The SMILES string of the molecule is FOc1cc(C(F)(F)F)c(C(F)(F)F)c(C(F)(F)F)c1. The van der Waals surface area contributed by atoms with E-state index >= 15 is 0 Å². The average Bonchev–Trinajstić information content (AvgIpc) is 2.23. The van der Waals surface area contributed by atoms with Gasteiger partial charge in [0, 0.05) is 4.53 Å². The molecule has 0 amide bonds. The molecule has 1 aromatic rings. The first-order chi connectivity index (χ1) is 8.78. The van der Waals surface area contributed by atoms with Gasteiger partial charge in [-0.25, -0.2) is 0 Å². The van der Waals surface area contributed by atoms with Gasteiger partial charge in [0.15, 0.2) is 5.75 Å². The third-order valence-electron chi connectivity index (χ3n) is 2.10. The molecule has 0 spiro atoms. The summed E-state index contributed by atoms with van der Waals surface area (Å²) in [5.41, 5.74) is -8.32. The van der Waals surface area contributed by atoms with Crippen LogP contribution in [0.5, 0.6) is 5.75 Å². The van der Waals surface area contributed by atoms with Crippen molar-refractivity contribution in [3.63, 3.8) is 0 Å². The van der Waals surface area contributed by atoms with E-state index in [1.54, 1.807) is 0 Å². The number of hydrogen-bond donors (Lipinski definition) is 0. The largest absolute Gasteiger partial charge is 0.417 e. The molecule has 0 aliphatic heterocycles. The van der Waals surface area contributed by atoms with Gasteiger partial charge in [-0.15, -0.1) is 0 Å². The van der Waals surface area contributed by atoms with E-state index in [9.17, 15) is 44.0 Å². The Bertz CT molecular complexity index is 460. The molecule has 0 aliphatic rings. The third kappa shape index (κ3) is 3.25. The van der Waals surface area contributed by atoms with E-state index in [1.807, 2.05) is 0 Å². The lowest BCUT2D eigenvalue weighted by atomic mass is 9.99. The molecule has 0 saturated carbocycles. The fourth-order valence-electron chi connectivity index (χ4n) is 1.41. The fraction of sp³-hybridized carbons (Fsp3) is 0.333. The summed E-state index contributed by atoms with van der Waals surface area (Å²) in [4.78, 5) is 2.69. The van der Waals surface area contributed by atoms with Crippen molar-refractivity contribution in [1.29, 1.82) is 0 Å². The van der Waals surface area contributed by atoms with Gasteiger partial charge in [0.2, 0.25) is 0 Å². The van der Waals surface area contributed by atoms with Gasteiger partial charge in [-0.1, -0.05) is 0 Å². The predicted octanol–water partition coefficient (Wildman–Crippen LogP) is 5.01. The van der Waals surface area contributed by atoms with E-state index in [0.29, 0.717) is 0 Å². The van der Waals surface area contributed by atoms with E-state index in [2.05, 4.69) is 4.94 Å². The minimum atomic E-state index is -5.94. The van der Waals surface area contributed by atoms with E-state index in [1.165, 1.54) is 0 Å². The lowest BCUT2D eigenvalue weighted by Gasteiger charge is -2.20. The van der Waals surface area contributed by atoms with Crippen molar-refractivity contribution in [3.05, 3.63) is 28.8 Å². The van der Waals surface area contributed by atoms with Crippen molar-refractivity contribution < 1.29 is 49.0 Å². The lowest BCUT2D eigenvalue weighted by molar-refractivity contribution is -0.175. The molecule has 1 rings (SSSR count). The molecule has 114 valence electrons. The molecule has 11 heteroatoms. The Labute approximate surface area is 103 Å². The molecule has 0 aliphatic carbocycles. The summed E-state index contributed by atoms with van der Waals surface area (Å²) in [7, 11) is 0. The molecule has 0 radical (unpaired) electrons. The Balaban J connectivity index is 3.83. The highest BCUT2D eigenvalue weighted by Gasteiger charge is 2.50.